The van der Waals surface area contributed by atoms with Crippen molar-refractivity contribution in [1.82, 2.24) is 4.90 Å². The monoisotopic (exact) mass is 314 g/mol. The van der Waals surface area contributed by atoms with E-state index in [2.05, 4.69) is 59.5 Å². The van der Waals surface area contributed by atoms with Crippen molar-refractivity contribution in [2.75, 3.05) is 0 Å². The van der Waals surface area contributed by atoms with Crippen molar-refractivity contribution >= 4 is 5.57 Å². The summed E-state index contributed by atoms with van der Waals surface area (Å²) in [6, 6.07) is 22.3. The summed E-state index contributed by atoms with van der Waals surface area (Å²) in [5, 5.41) is 8.97. The molecule has 120 valence electrons. The van der Waals surface area contributed by atoms with Gasteiger partial charge in [0.2, 0.25) is 0 Å². The Morgan fingerprint density at radius 2 is 1.79 bits per heavy atom. The third kappa shape index (κ3) is 3.00. The van der Waals surface area contributed by atoms with E-state index < -0.39 is 0 Å². The van der Waals surface area contributed by atoms with Crippen molar-refractivity contribution in [3.63, 3.8) is 0 Å². The maximum atomic E-state index is 8.97. The Balaban J connectivity index is 1.58. The van der Waals surface area contributed by atoms with E-state index >= 15 is 0 Å². The van der Waals surface area contributed by atoms with E-state index in [1.165, 1.54) is 36.0 Å². The Hall–Kier alpha value is -2.37. The third-order valence-electron chi connectivity index (χ3n) is 5.37. The Labute approximate surface area is 144 Å². The third-order valence-corrected chi connectivity index (χ3v) is 5.37. The Bertz CT molecular complexity index is 768. The van der Waals surface area contributed by atoms with Gasteiger partial charge in [0.15, 0.2) is 0 Å². The fraction of sp³-hybridized carbons (Fsp3) is 0.318. The largest absolute Gasteiger partial charge is 0.289 e. The van der Waals surface area contributed by atoms with Crippen LogP contribution in [0.5, 0.6) is 0 Å². The molecule has 2 aliphatic rings. The van der Waals surface area contributed by atoms with Crippen LogP contribution in [-0.2, 0) is 6.54 Å². The molecule has 1 fully saturated rings. The highest BCUT2D eigenvalue weighted by Gasteiger charge is 2.33. The molecule has 0 saturated carbocycles. The average molecular weight is 314 g/mol. The van der Waals surface area contributed by atoms with E-state index in [0.717, 1.165) is 18.5 Å². The number of hydrogen-bond donors (Lipinski definition) is 0. The molecule has 0 N–H and O–H groups in total. The lowest BCUT2D eigenvalue weighted by atomic mass is 9.82. The highest BCUT2D eigenvalue weighted by molar-refractivity contribution is 5.68. The molecular weight excluding hydrogens is 292 g/mol. The first-order valence-corrected chi connectivity index (χ1v) is 8.84. The van der Waals surface area contributed by atoms with E-state index in [1.807, 2.05) is 12.1 Å². The normalized spacial score (nSPS) is 23.4. The summed E-state index contributed by atoms with van der Waals surface area (Å²) in [6.07, 6.45) is 7.47. The highest BCUT2D eigenvalue weighted by atomic mass is 15.2. The Morgan fingerprint density at radius 3 is 2.50 bits per heavy atom. The maximum absolute atomic E-state index is 8.97. The van der Waals surface area contributed by atoms with Crippen LogP contribution in [0.25, 0.3) is 5.57 Å². The number of benzene rings is 2. The summed E-state index contributed by atoms with van der Waals surface area (Å²) in [4.78, 5) is 2.69. The van der Waals surface area contributed by atoms with Crippen molar-refractivity contribution in [2.24, 2.45) is 0 Å². The van der Waals surface area contributed by atoms with Gasteiger partial charge in [0.05, 0.1) is 11.6 Å². The van der Waals surface area contributed by atoms with Crippen molar-refractivity contribution in [3.8, 4) is 6.07 Å². The fourth-order valence-electron chi connectivity index (χ4n) is 4.13. The van der Waals surface area contributed by atoms with Crippen LogP contribution < -0.4 is 0 Å². The van der Waals surface area contributed by atoms with Gasteiger partial charge in [-0.1, -0.05) is 55.0 Å². The predicted octanol–water partition coefficient (Wildman–Crippen LogP) is 4.77. The highest BCUT2D eigenvalue weighted by Crippen LogP contribution is 2.37. The van der Waals surface area contributed by atoms with Crippen LogP contribution in [0.1, 0.15) is 42.4 Å². The molecule has 0 amide bonds. The molecule has 2 heterocycles. The number of rotatable bonds is 3. The van der Waals surface area contributed by atoms with Crippen LogP contribution in [0.4, 0.5) is 0 Å². The van der Waals surface area contributed by atoms with Crippen molar-refractivity contribution in [3.05, 3.63) is 77.4 Å². The van der Waals surface area contributed by atoms with Gasteiger partial charge in [-0.05, 0) is 48.1 Å². The molecule has 2 nitrogen and oxygen atoms in total. The minimum atomic E-state index is 0.545. The zero-order valence-electron chi connectivity index (χ0n) is 13.9. The molecule has 4 rings (SSSR count). The van der Waals surface area contributed by atoms with Gasteiger partial charge in [-0.2, -0.15) is 5.26 Å². The molecule has 2 heteroatoms. The molecular formula is C22H22N2. The first-order valence-electron chi connectivity index (χ1n) is 8.84. The van der Waals surface area contributed by atoms with Gasteiger partial charge < -0.3 is 0 Å². The van der Waals surface area contributed by atoms with Crippen LogP contribution in [0, 0.1) is 11.3 Å². The van der Waals surface area contributed by atoms with E-state index in [4.69, 9.17) is 5.26 Å². The molecule has 2 bridgehead atoms. The fourth-order valence-corrected chi connectivity index (χ4v) is 4.13. The first kappa shape index (κ1) is 15.2. The maximum Gasteiger partial charge on any atom is 0.0991 e. The molecule has 0 aromatic heterocycles. The lowest BCUT2D eigenvalue weighted by molar-refractivity contribution is 0.0951. The van der Waals surface area contributed by atoms with E-state index in [1.54, 1.807) is 0 Å². The smallest absolute Gasteiger partial charge is 0.0991 e. The summed E-state index contributed by atoms with van der Waals surface area (Å²) >= 11 is 0. The second kappa shape index (κ2) is 6.63. The van der Waals surface area contributed by atoms with Crippen LogP contribution in [0.3, 0.4) is 0 Å². The molecule has 0 spiro atoms. The standard InChI is InChI=1S/C22H22N2/c23-15-17-9-11-19(12-10-17)20-13-21-7-4-8-22(14-20)24(21)16-18-5-2-1-3-6-18/h1-3,5-6,9-13,21-22H,4,7-8,14,16H2. The molecule has 1 saturated heterocycles. The van der Waals surface area contributed by atoms with Gasteiger partial charge in [0, 0.05) is 18.6 Å². The van der Waals surface area contributed by atoms with Crippen LogP contribution in [0.2, 0.25) is 0 Å². The van der Waals surface area contributed by atoms with E-state index in [-0.39, 0.29) is 0 Å². The quantitative estimate of drug-likeness (QED) is 0.816. The summed E-state index contributed by atoms with van der Waals surface area (Å²) in [6.45, 7) is 1.05. The van der Waals surface area contributed by atoms with Gasteiger partial charge in [0.1, 0.15) is 0 Å². The summed E-state index contributed by atoms with van der Waals surface area (Å²) in [5.41, 5.74) is 4.88. The zero-order chi connectivity index (χ0) is 16.4. The van der Waals surface area contributed by atoms with Crippen molar-refractivity contribution < 1.29 is 0 Å². The number of nitrogens with zero attached hydrogens (tertiary/aromatic N) is 2. The molecule has 0 aliphatic carbocycles. The summed E-state index contributed by atoms with van der Waals surface area (Å²) in [7, 11) is 0. The van der Waals surface area contributed by atoms with Gasteiger partial charge in [-0.3, -0.25) is 4.90 Å². The average Bonchev–Trinajstić information content (AvgIpc) is 2.62. The summed E-state index contributed by atoms with van der Waals surface area (Å²) < 4.78 is 0. The lowest BCUT2D eigenvalue weighted by Gasteiger charge is -2.45. The molecule has 2 unspecified atom stereocenters. The molecule has 2 aromatic rings. The van der Waals surface area contributed by atoms with Crippen LogP contribution in [-0.4, -0.2) is 17.0 Å². The molecule has 2 aromatic carbocycles. The number of piperidine rings is 1. The molecule has 24 heavy (non-hydrogen) atoms. The van der Waals surface area contributed by atoms with Crippen LogP contribution in [0.15, 0.2) is 60.7 Å². The minimum Gasteiger partial charge on any atom is -0.289 e. The second-order valence-electron chi connectivity index (χ2n) is 6.90. The van der Waals surface area contributed by atoms with Gasteiger partial charge >= 0.3 is 0 Å². The minimum absolute atomic E-state index is 0.545. The Kier molecular flexibility index (Phi) is 4.19. The zero-order valence-corrected chi connectivity index (χ0v) is 13.9. The van der Waals surface area contributed by atoms with Gasteiger partial charge in [-0.25, -0.2) is 0 Å². The second-order valence-corrected chi connectivity index (χ2v) is 6.90. The van der Waals surface area contributed by atoms with E-state index in [9.17, 15) is 0 Å². The number of fused-ring (bicyclic) bond motifs is 2. The summed E-state index contributed by atoms with van der Waals surface area (Å²) in [5.74, 6) is 0. The van der Waals surface area contributed by atoms with Crippen LogP contribution >= 0.6 is 0 Å². The topological polar surface area (TPSA) is 27.0 Å². The van der Waals surface area contributed by atoms with Gasteiger partial charge in [0.25, 0.3) is 0 Å². The van der Waals surface area contributed by atoms with Gasteiger partial charge in [-0.15, -0.1) is 0 Å². The van der Waals surface area contributed by atoms with Crippen molar-refractivity contribution in [1.29, 1.82) is 5.26 Å². The van der Waals surface area contributed by atoms with Crippen molar-refractivity contribution in [2.45, 2.75) is 44.3 Å². The molecule has 0 radical (unpaired) electrons. The number of nitriles is 1. The predicted molar refractivity (Wildman–Crippen MR) is 97.2 cm³/mol. The lowest BCUT2D eigenvalue weighted by Crippen LogP contribution is -2.47. The van der Waals surface area contributed by atoms with E-state index in [0.29, 0.717) is 12.1 Å². The Morgan fingerprint density at radius 1 is 1.00 bits per heavy atom. The number of hydrogen-bond acceptors (Lipinski definition) is 2. The SMILES string of the molecule is N#Cc1ccc(C2=CC3CCCC(C2)N3Cc2ccccc2)cc1. The molecule has 2 aliphatic heterocycles. The molecule has 2 atom stereocenters. The first-order chi connectivity index (χ1) is 11.8.